The maximum Gasteiger partial charge on any atom is 0.234 e. The van der Waals surface area contributed by atoms with E-state index in [9.17, 15) is 4.79 Å². The van der Waals surface area contributed by atoms with E-state index in [4.69, 9.17) is 17.3 Å². The molecule has 1 fully saturated rings. The Hall–Kier alpha value is -1.06. The van der Waals surface area contributed by atoms with Crippen molar-refractivity contribution >= 4 is 17.5 Å². The van der Waals surface area contributed by atoms with Gasteiger partial charge in [-0.05, 0) is 36.5 Å². The van der Waals surface area contributed by atoms with Gasteiger partial charge >= 0.3 is 0 Å². The third-order valence-corrected chi connectivity index (χ3v) is 3.82. The van der Waals surface area contributed by atoms with Gasteiger partial charge in [-0.1, -0.05) is 36.6 Å². The maximum atomic E-state index is 11.6. The molecule has 1 unspecified atom stereocenters. The second-order valence-electron chi connectivity index (χ2n) is 4.85. The molecule has 1 atom stereocenters. The summed E-state index contributed by atoms with van der Waals surface area (Å²) in [6.45, 7) is 0.0315. The normalized spacial score (nSPS) is 17.7. The molecular weight excluding hydrogens is 248 g/mol. The van der Waals surface area contributed by atoms with Crippen LogP contribution in [0.15, 0.2) is 24.3 Å². The smallest absolute Gasteiger partial charge is 0.234 e. The largest absolute Gasteiger partial charge is 0.348 e. The van der Waals surface area contributed by atoms with Crippen LogP contribution in [0.4, 0.5) is 0 Å². The molecule has 3 N–H and O–H groups in total. The van der Waals surface area contributed by atoms with Crippen LogP contribution in [0.1, 0.15) is 37.3 Å². The first kappa shape index (κ1) is 13.4. The zero-order valence-electron chi connectivity index (χ0n) is 10.4. The van der Waals surface area contributed by atoms with Gasteiger partial charge in [0.25, 0.3) is 0 Å². The second-order valence-corrected chi connectivity index (χ2v) is 5.29. The molecule has 4 heteroatoms. The van der Waals surface area contributed by atoms with Crippen molar-refractivity contribution in [3.63, 3.8) is 0 Å². The first-order valence-corrected chi connectivity index (χ1v) is 6.83. The molecule has 1 aromatic carbocycles. The Morgan fingerprint density at radius 2 is 2.17 bits per heavy atom. The van der Waals surface area contributed by atoms with E-state index >= 15 is 0 Å². The number of nitrogens with two attached hydrogens (primary N) is 1. The van der Waals surface area contributed by atoms with Crippen LogP contribution in [0.5, 0.6) is 0 Å². The number of nitrogens with one attached hydrogen (secondary N) is 1. The summed E-state index contributed by atoms with van der Waals surface area (Å²) in [7, 11) is 0. The molecule has 0 saturated heterocycles. The third-order valence-electron chi connectivity index (χ3n) is 3.58. The Morgan fingerprint density at radius 1 is 1.44 bits per heavy atom. The van der Waals surface area contributed by atoms with Crippen LogP contribution < -0.4 is 11.1 Å². The minimum atomic E-state index is -0.105. The minimum Gasteiger partial charge on any atom is -0.348 e. The van der Waals surface area contributed by atoms with Gasteiger partial charge in [0.05, 0.1) is 12.6 Å². The highest BCUT2D eigenvalue weighted by Crippen LogP contribution is 2.36. The SMILES string of the molecule is NCC(=O)NC(c1cccc(Cl)c1)C1CCCC1. The molecular formula is C14H19ClN2O. The van der Waals surface area contributed by atoms with Gasteiger partial charge in [-0.3, -0.25) is 4.79 Å². The van der Waals surface area contributed by atoms with E-state index in [-0.39, 0.29) is 18.5 Å². The average Bonchev–Trinajstić information content (AvgIpc) is 2.89. The Labute approximate surface area is 113 Å². The highest BCUT2D eigenvalue weighted by atomic mass is 35.5. The number of carbonyl (C=O) groups excluding carboxylic acids is 1. The van der Waals surface area contributed by atoms with Crippen molar-refractivity contribution in [2.24, 2.45) is 11.7 Å². The van der Waals surface area contributed by atoms with Crippen molar-refractivity contribution in [2.45, 2.75) is 31.7 Å². The van der Waals surface area contributed by atoms with E-state index in [1.54, 1.807) is 0 Å². The summed E-state index contributed by atoms with van der Waals surface area (Å²) in [5, 5.41) is 3.74. The Kier molecular flexibility index (Phi) is 4.61. The highest BCUT2D eigenvalue weighted by Gasteiger charge is 2.27. The van der Waals surface area contributed by atoms with Crippen LogP contribution in [-0.4, -0.2) is 12.5 Å². The van der Waals surface area contributed by atoms with Gasteiger partial charge < -0.3 is 11.1 Å². The number of rotatable bonds is 4. The minimum absolute atomic E-state index is 0.0315. The van der Waals surface area contributed by atoms with E-state index in [0.29, 0.717) is 10.9 Å². The van der Waals surface area contributed by atoms with Crippen molar-refractivity contribution in [3.05, 3.63) is 34.9 Å². The standard InChI is InChI=1S/C14H19ClN2O/c15-12-7-3-6-11(8-12)14(17-13(18)9-16)10-4-1-2-5-10/h3,6-8,10,14H,1-2,4-5,9,16H2,(H,17,18). The van der Waals surface area contributed by atoms with E-state index in [0.717, 1.165) is 18.4 Å². The second kappa shape index (κ2) is 6.21. The van der Waals surface area contributed by atoms with Gasteiger partial charge in [0.15, 0.2) is 0 Å². The molecule has 0 aromatic heterocycles. The number of hydrogen-bond acceptors (Lipinski definition) is 2. The third kappa shape index (κ3) is 3.24. The fraction of sp³-hybridized carbons (Fsp3) is 0.500. The first-order chi connectivity index (χ1) is 8.70. The summed E-state index contributed by atoms with van der Waals surface area (Å²) in [5.74, 6) is 0.394. The van der Waals surface area contributed by atoms with Gasteiger partial charge in [0, 0.05) is 5.02 Å². The van der Waals surface area contributed by atoms with Crippen LogP contribution in [0.2, 0.25) is 5.02 Å². The number of amides is 1. The Morgan fingerprint density at radius 3 is 2.78 bits per heavy atom. The summed E-state index contributed by atoms with van der Waals surface area (Å²) in [6.07, 6.45) is 4.78. The number of halogens is 1. The Balaban J connectivity index is 2.20. The Bertz CT molecular complexity index is 416. The maximum absolute atomic E-state index is 11.6. The molecule has 0 radical (unpaired) electrons. The van der Waals surface area contributed by atoms with E-state index < -0.39 is 0 Å². The topological polar surface area (TPSA) is 55.1 Å². The monoisotopic (exact) mass is 266 g/mol. The quantitative estimate of drug-likeness (QED) is 0.880. The summed E-state index contributed by atoms with van der Waals surface area (Å²) < 4.78 is 0. The van der Waals surface area contributed by atoms with Crippen LogP contribution in [-0.2, 0) is 4.79 Å². The zero-order chi connectivity index (χ0) is 13.0. The molecule has 1 amide bonds. The molecule has 1 saturated carbocycles. The predicted molar refractivity (Wildman–Crippen MR) is 73.3 cm³/mol. The van der Waals surface area contributed by atoms with Gasteiger partial charge in [0.1, 0.15) is 0 Å². The summed E-state index contributed by atoms with van der Waals surface area (Å²) in [6, 6.07) is 7.77. The molecule has 1 aromatic rings. The molecule has 98 valence electrons. The van der Waals surface area contributed by atoms with Crippen molar-refractivity contribution in [2.75, 3.05) is 6.54 Å². The van der Waals surface area contributed by atoms with Gasteiger partial charge in [-0.25, -0.2) is 0 Å². The fourth-order valence-corrected chi connectivity index (χ4v) is 2.90. The molecule has 0 aliphatic heterocycles. The first-order valence-electron chi connectivity index (χ1n) is 6.45. The van der Waals surface area contributed by atoms with E-state index in [1.807, 2.05) is 24.3 Å². The van der Waals surface area contributed by atoms with E-state index in [2.05, 4.69) is 5.32 Å². The lowest BCUT2D eigenvalue weighted by Gasteiger charge is -2.25. The van der Waals surface area contributed by atoms with Crippen molar-refractivity contribution in [1.82, 2.24) is 5.32 Å². The molecule has 0 heterocycles. The van der Waals surface area contributed by atoms with Crippen LogP contribution in [0.25, 0.3) is 0 Å². The van der Waals surface area contributed by atoms with Crippen molar-refractivity contribution in [1.29, 1.82) is 0 Å². The van der Waals surface area contributed by atoms with Gasteiger partial charge in [0.2, 0.25) is 5.91 Å². The van der Waals surface area contributed by atoms with Gasteiger partial charge in [-0.2, -0.15) is 0 Å². The van der Waals surface area contributed by atoms with Crippen LogP contribution >= 0.6 is 11.6 Å². The van der Waals surface area contributed by atoms with E-state index in [1.165, 1.54) is 12.8 Å². The predicted octanol–water partition coefficient (Wildman–Crippen LogP) is 2.65. The molecule has 3 nitrogen and oxygen atoms in total. The zero-order valence-corrected chi connectivity index (χ0v) is 11.1. The highest BCUT2D eigenvalue weighted by molar-refractivity contribution is 6.30. The van der Waals surface area contributed by atoms with Crippen molar-refractivity contribution in [3.8, 4) is 0 Å². The summed E-state index contributed by atoms with van der Waals surface area (Å²) in [5.41, 5.74) is 6.47. The van der Waals surface area contributed by atoms with Crippen LogP contribution in [0, 0.1) is 5.92 Å². The fourth-order valence-electron chi connectivity index (χ4n) is 2.70. The molecule has 18 heavy (non-hydrogen) atoms. The molecule has 0 spiro atoms. The molecule has 0 bridgehead atoms. The lowest BCUT2D eigenvalue weighted by atomic mass is 9.91. The summed E-state index contributed by atoms with van der Waals surface area (Å²) in [4.78, 5) is 11.6. The average molecular weight is 267 g/mol. The number of benzene rings is 1. The molecule has 1 aliphatic carbocycles. The lowest BCUT2D eigenvalue weighted by Crippen LogP contribution is -2.36. The lowest BCUT2D eigenvalue weighted by molar-refractivity contribution is -0.120. The van der Waals surface area contributed by atoms with Gasteiger partial charge in [-0.15, -0.1) is 0 Å². The number of hydrogen-bond donors (Lipinski definition) is 2. The van der Waals surface area contributed by atoms with Crippen LogP contribution in [0.3, 0.4) is 0 Å². The summed E-state index contributed by atoms with van der Waals surface area (Å²) >= 11 is 6.03. The van der Waals surface area contributed by atoms with Crippen molar-refractivity contribution < 1.29 is 4.79 Å². The molecule has 1 aliphatic rings. The molecule has 2 rings (SSSR count). The number of carbonyl (C=O) groups is 1.